The maximum Gasteiger partial charge on any atom is 0.271 e. The SMILES string of the molecule is CC1Oc2ccccc2OC1C(=O)Nc1nc(-c2ccc(F)c(F)c2)cs1. The van der Waals surface area contributed by atoms with Crippen molar-refractivity contribution in [2.24, 2.45) is 0 Å². The minimum absolute atomic E-state index is 0.328. The van der Waals surface area contributed by atoms with Crippen molar-refractivity contribution < 1.29 is 23.0 Å². The molecule has 8 heteroatoms. The van der Waals surface area contributed by atoms with Crippen molar-refractivity contribution in [1.82, 2.24) is 4.98 Å². The van der Waals surface area contributed by atoms with E-state index in [0.29, 0.717) is 27.9 Å². The Kier molecular flexibility index (Phi) is 4.49. The van der Waals surface area contributed by atoms with E-state index in [2.05, 4.69) is 10.3 Å². The fourth-order valence-corrected chi connectivity index (χ4v) is 3.42. The lowest BCUT2D eigenvalue weighted by Gasteiger charge is -2.30. The highest BCUT2D eigenvalue weighted by Crippen LogP contribution is 2.34. The van der Waals surface area contributed by atoms with Gasteiger partial charge in [0.15, 0.2) is 28.3 Å². The number of anilines is 1. The molecule has 1 aliphatic heterocycles. The number of fused-ring (bicyclic) bond motifs is 1. The van der Waals surface area contributed by atoms with Crippen LogP contribution in [0.15, 0.2) is 47.8 Å². The van der Waals surface area contributed by atoms with Gasteiger partial charge in [-0.05, 0) is 37.3 Å². The number of carbonyl (C=O) groups is 1. The zero-order chi connectivity index (χ0) is 19.0. The fraction of sp³-hybridized carbons (Fsp3) is 0.158. The molecule has 1 aromatic heterocycles. The third-order valence-electron chi connectivity index (χ3n) is 4.05. The molecule has 0 aliphatic carbocycles. The van der Waals surface area contributed by atoms with E-state index in [9.17, 15) is 13.6 Å². The standard InChI is InChI=1S/C19H14F2N2O3S/c1-10-17(26-16-5-3-2-4-15(16)25-10)18(24)23-19-22-14(9-27-19)11-6-7-12(20)13(21)8-11/h2-10,17H,1H3,(H,22,23,24). The molecule has 1 N–H and O–H groups in total. The molecule has 0 saturated carbocycles. The first kappa shape index (κ1) is 17.4. The summed E-state index contributed by atoms with van der Waals surface area (Å²) in [6.45, 7) is 1.74. The van der Waals surface area contributed by atoms with E-state index in [1.807, 2.05) is 6.07 Å². The first-order valence-electron chi connectivity index (χ1n) is 8.15. The predicted octanol–water partition coefficient (Wildman–Crippen LogP) is 4.26. The van der Waals surface area contributed by atoms with E-state index >= 15 is 0 Å². The number of amides is 1. The molecule has 0 fully saturated rings. The maximum atomic E-state index is 13.4. The Hall–Kier alpha value is -3.00. The van der Waals surface area contributed by atoms with E-state index in [1.165, 1.54) is 17.4 Å². The number of aromatic nitrogens is 1. The highest BCUT2D eigenvalue weighted by molar-refractivity contribution is 7.14. The molecule has 2 atom stereocenters. The first-order chi connectivity index (χ1) is 13.0. The third kappa shape index (κ3) is 3.48. The molecule has 0 saturated heterocycles. The first-order valence-corrected chi connectivity index (χ1v) is 9.03. The van der Waals surface area contributed by atoms with E-state index in [-0.39, 0.29) is 0 Å². The summed E-state index contributed by atoms with van der Waals surface area (Å²) in [6, 6.07) is 10.6. The van der Waals surface area contributed by atoms with Crippen LogP contribution in [0.1, 0.15) is 6.92 Å². The van der Waals surface area contributed by atoms with Gasteiger partial charge in [0.05, 0.1) is 5.69 Å². The lowest BCUT2D eigenvalue weighted by Crippen LogP contribution is -2.46. The number of thiazole rings is 1. The van der Waals surface area contributed by atoms with E-state index in [0.717, 1.165) is 12.1 Å². The van der Waals surface area contributed by atoms with Crippen LogP contribution in [0.3, 0.4) is 0 Å². The summed E-state index contributed by atoms with van der Waals surface area (Å²) in [5, 5.41) is 4.66. The lowest BCUT2D eigenvalue weighted by atomic mass is 10.1. The summed E-state index contributed by atoms with van der Waals surface area (Å²) in [7, 11) is 0. The van der Waals surface area contributed by atoms with Gasteiger partial charge >= 0.3 is 0 Å². The molecular formula is C19H14F2N2O3S. The van der Waals surface area contributed by atoms with Gasteiger partial charge < -0.3 is 9.47 Å². The Morgan fingerprint density at radius 3 is 2.59 bits per heavy atom. The number of carbonyl (C=O) groups excluding carboxylic acids is 1. The molecule has 1 amide bonds. The molecular weight excluding hydrogens is 374 g/mol. The predicted molar refractivity (Wildman–Crippen MR) is 97.0 cm³/mol. The minimum Gasteiger partial charge on any atom is -0.482 e. The summed E-state index contributed by atoms with van der Waals surface area (Å²) in [5.74, 6) is -1.19. The normalized spacial score (nSPS) is 18.2. The molecule has 2 unspecified atom stereocenters. The molecule has 0 spiro atoms. The number of halogens is 2. The molecule has 4 rings (SSSR count). The molecule has 5 nitrogen and oxygen atoms in total. The van der Waals surface area contributed by atoms with Crippen LogP contribution in [0.2, 0.25) is 0 Å². The highest BCUT2D eigenvalue weighted by Gasteiger charge is 2.34. The second-order valence-corrected chi connectivity index (χ2v) is 6.82. The van der Waals surface area contributed by atoms with Crippen LogP contribution < -0.4 is 14.8 Å². The van der Waals surface area contributed by atoms with Gasteiger partial charge in [-0.2, -0.15) is 0 Å². The van der Waals surface area contributed by atoms with Crippen LogP contribution in [0, 0.1) is 11.6 Å². The van der Waals surface area contributed by atoms with Gasteiger partial charge in [0.2, 0.25) is 6.10 Å². The summed E-state index contributed by atoms with van der Waals surface area (Å²) < 4.78 is 37.9. The average Bonchev–Trinajstić information content (AvgIpc) is 3.11. The van der Waals surface area contributed by atoms with E-state index in [1.54, 1.807) is 30.5 Å². The number of nitrogens with zero attached hydrogens (tertiary/aromatic N) is 1. The van der Waals surface area contributed by atoms with Gasteiger partial charge in [-0.1, -0.05) is 12.1 Å². The van der Waals surface area contributed by atoms with Crippen LogP contribution >= 0.6 is 11.3 Å². The second-order valence-electron chi connectivity index (χ2n) is 5.96. The van der Waals surface area contributed by atoms with Gasteiger partial charge in [0.1, 0.15) is 6.10 Å². The molecule has 0 bridgehead atoms. The van der Waals surface area contributed by atoms with Gasteiger partial charge in [-0.15, -0.1) is 11.3 Å². The van der Waals surface area contributed by atoms with Crippen molar-refractivity contribution in [2.45, 2.75) is 19.1 Å². The third-order valence-corrected chi connectivity index (χ3v) is 4.81. The Morgan fingerprint density at radius 1 is 1.11 bits per heavy atom. The maximum absolute atomic E-state index is 13.4. The van der Waals surface area contributed by atoms with Gasteiger partial charge in [0.25, 0.3) is 5.91 Å². The molecule has 3 aromatic rings. The summed E-state index contributed by atoms with van der Waals surface area (Å²) in [5.41, 5.74) is 0.860. The lowest BCUT2D eigenvalue weighted by molar-refractivity contribution is -0.128. The summed E-state index contributed by atoms with van der Waals surface area (Å²) >= 11 is 1.18. The number of ether oxygens (including phenoxy) is 2. The second kappa shape index (κ2) is 6.96. The van der Waals surface area contributed by atoms with E-state index < -0.39 is 29.7 Å². The monoisotopic (exact) mass is 388 g/mol. The number of benzene rings is 2. The molecule has 2 aromatic carbocycles. The molecule has 1 aliphatic rings. The number of para-hydroxylation sites is 2. The zero-order valence-corrected chi connectivity index (χ0v) is 14.9. The molecule has 27 heavy (non-hydrogen) atoms. The number of hydrogen-bond donors (Lipinski definition) is 1. The van der Waals surface area contributed by atoms with Gasteiger partial charge in [-0.3, -0.25) is 10.1 Å². The smallest absolute Gasteiger partial charge is 0.271 e. The number of hydrogen-bond acceptors (Lipinski definition) is 5. The van der Waals surface area contributed by atoms with Crippen molar-refractivity contribution in [1.29, 1.82) is 0 Å². The van der Waals surface area contributed by atoms with Gasteiger partial charge in [-0.25, -0.2) is 13.8 Å². The topological polar surface area (TPSA) is 60.5 Å². The Bertz CT molecular complexity index is 1010. The Morgan fingerprint density at radius 2 is 1.85 bits per heavy atom. The Labute approximate surface area is 157 Å². The minimum atomic E-state index is -0.952. The fourth-order valence-electron chi connectivity index (χ4n) is 2.70. The quantitative estimate of drug-likeness (QED) is 0.729. The van der Waals surface area contributed by atoms with Crippen LogP contribution in [-0.2, 0) is 4.79 Å². The highest BCUT2D eigenvalue weighted by atomic mass is 32.1. The van der Waals surface area contributed by atoms with Crippen molar-refractivity contribution in [3.05, 3.63) is 59.5 Å². The molecule has 0 radical (unpaired) electrons. The average molecular weight is 388 g/mol. The zero-order valence-electron chi connectivity index (χ0n) is 14.1. The van der Waals surface area contributed by atoms with Crippen molar-refractivity contribution in [2.75, 3.05) is 5.32 Å². The molecule has 138 valence electrons. The summed E-state index contributed by atoms with van der Waals surface area (Å²) in [6.07, 6.45) is -1.32. The largest absolute Gasteiger partial charge is 0.482 e. The van der Waals surface area contributed by atoms with Crippen LogP contribution in [0.4, 0.5) is 13.9 Å². The number of nitrogens with one attached hydrogen (secondary N) is 1. The summed E-state index contributed by atoms with van der Waals surface area (Å²) in [4.78, 5) is 16.8. The van der Waals surface area contributed by atoms with Crippen molar-refractivity contribution in [3.8, 4) is 22.8 Å². The van der Waals surface area contributed by atoms with Crippen molar-refractivity contribution >= 4 is 22.4 Å². The van der Waals surface area contributed by atoms with Crippen LogP contribution in [0.5, 0.6) is 11.5 Å². The van der Waals surface area contributed by atoms with Crippen LogP contribution in [0.25, 0.3) is 11.3 Å². The van der Waals surface area contributed by atoms with Gasteiger partial charge in [0, 0.05) is 10.9 Å². The van der Waals surface area contributed by atoms with Crippen LogP contribution in [-0.4, -0.2) is 23.1 Å². The van der Waals surface area contributed by atoms with E-state index in [4.69, 9.17) is 9.47 Å². The Balaban J connectivity index is 1.49. The van der Waals surface area contributed by atoms with Crippen molar-refractivity contribution in [3.63, 3.8) is 0 Å². The molecule has 2 heterocycles. The number of rotatable bonds is 3.